The summed E-state index contributed by atoms with van der Waals surface area (Å²) in [5, 5.41) is 11.8. The molecule has 2 atom stereocenters. The predicted molar refractivity (Wildman–Crippen MR) is 127 cm³/mol. The van der Waals surface area contributed by atoms with Gasteiger partial charge in [-0.25, -0.2) is 4.79 Å². The van der Waals surface area contributed by atoms with Crippen LogP contribution in [-0.2, 0) is 14.3 Å². The van der Waals surface area contributed by atoms with Crippen LogP contribution in [0, 0.1) is 5.92 Å². The number of rotatable bonds is 12. The largest absolute Gasteiger partial charge is 0.491 e. The number of ether oxygens (including phenoxy) is 3. The molecule has 2 aromatic carbocycles. The van der Waals surface area contributed by atoms with Gasteiger partial charge in [0.25, 0.3) is 0 Å². The minimum atomic E-state index is -0.717. The van der Waals surface area contributed by atoms with Crippen LogP contribution in [0.25, 0.3) is 0 Å². The normalized spacial score (nSPS) is 12.4. The zero-order valence-corrected chi connectivity index (χ0v) is 19.5. The number of anilines is 1. The number of carbonyl (C=O) groups excluding carboxylic acids is 3. The van der Waals surface area contributed by atoms with Gasteiger partial charge in [0.15, 0.2) is 5.78 Å². The number of aliphatic hydroxyl groups is 1. The van der Waals surface area contributed by atoms with Crippen molar-refractivity contribution in [1.29, 1.82) is 0 Å². The van der Waals surface area contributed by atoms with Crippen LogP contribution in [0.5, 0.6) is 5.75 Å². The molecule has 178 valence electrons. The molecule has 0 radical (unpaired) electrons. The highest BCUT2D eigenvalue weighted by Crippen LogP contribution is 2.35. The van der Waals surface area contributed by atoms with Gasteiger partial charge in [0, 0.05) is 22.7 Å². The first kappa shape index (κ1) is 26.2. The summed E-state index contributed by atoms with van der Waals surface area (Å²) in [4.78, 5) is 35.5. The SMILES string of the molecule is CC(=O)c1ccc(NC(=O)O[C@H](c2ccccc2OCCO)[C@H](C)CCOC(=O)CS)cc1. The molecule has 0 aliphatic heterocycles. The van der Waals surface area contributed by atoms with Gasteiger partial charge in [-0.3, -0.25) is 14.9 Å². The smallest absolute Gasteiger partial charge is 0.412 e. The molecule has 8 nitrogen and oxygen atoms in total. The van der Waals surface area contributed by atoms with Gasteiger partial charge in [-0.05, 0) is 43.7 Å². The number of benzene rings is 2. The second kappa shape index (κ2) is 13.5. The van der Waals surface area contributed by atoms with Crippen LogP contribution in [0.1, 0.15) is 42.3 Å². The lowest BCUT2D eigenvalue weighted by Crippen LogP contribution is -2.24. The third-order valence-electron chi connectivity index (χ3n) is 4.83. The highest BCUT2D eigenvalue weighted by atomic mass is 32.1. The van der Waals surface area contributed by atoms with E-state index in [0.29, 0.717) is 29.0 Å². The van der Waals surface area contributed by atoms with Crippen molar-refractivity contribution in [3.8, 4) is 5.75 Å². The number of aliphatic hydroxyl groups excluding tert-OH is 1. The van der Waals surface area contributed by atoms with Gasteiger partial charge in [-0.1, -0.05) is 25.1 Å². The second-order valence-electron chi connectivity index (χ2n) is 7.34. The maximum Gasteiger partial charge on any atom is 0.412 e. The molecule has 2 aromatic rings. The second-order valence-corrected chi connectivity index (χ2v) is 7.66. The van der Waals surface area contributed by atoms with Gasteiger partial charge in [-0.15, -0.1) is 0 Å². The first-order valence-corrected chi connectivity index (χ1v) is 11.2. The number of nitrogens with one attached hydrogen (secondary N) is 1. The van der Waals surface area contributed by atoms with E-state index in [2.05, 4.69) is 17.9 Å². The van der Waals surface area contributed by atoms with Crippen LogP contribution in [-0.4, -0.2) is 48.5 Å². The van der Waals surface area contributed by atoms with Gasteiger partial charge in [0.05, 0.1) is 19.0 Å². The van der Waals surface area contributed by atoms with E-state index in [1.54, 1.807) is 48.5 Å². The van der Waals surface area contributed by atoms with Crippen molar-refractivity contribution in [2.75, 3.05) is 30.9 Å². The summed E-state index contributed by atoms with van der Waals surface area (Å²) in [5.41, 5.74) is 1.64. The Morgan fingerprint density at radius 1 is 1.06 bits per heavy atom. The number of ketones is 1. The van der Waals surface area contributed by atoms with Crippen LogP contribution in [0.4, 0.5) is 10.5 Å². The third kappa shape index (κ3) is 8.43. The molecule has 0 bridgehead atoms. The Kier molecular flexibility index (Phi) is 10.7. The number of esters is 1. The maximum absolute atomic E-state index is 12.7. The van der Waals surface area contributed by atoms with E-state index in [1.165, 1.54) is 6.92 Å². The number of thiol groups is 1. The van der Waals surface area contributed by atoms with E-state index in [4.69, 9.17) is 19.3 Å². The lowest BCUT2D eigenvalue weighted by Gasteiger charge is -2.26. The molecule has 0 saturated heterocycles. The quantitative estimate of drug-likeness (QED) is 0.241. The number of hydrogen-bond acceptors (Lipinski definition) is 8. The monoisotopic (exact) mass is 475 g/mol. The summed E-state index contributed by atoms with van der Waals surface area (Å²) < 4.78 is 16.5. The fourth-order valence-corrected chi connectivity index (χ4v) is 3.19. The van der Waals surface area contributed by atoms with E-state index >= 15 is 0 Å². The number of hydrogen-bond donors (Lipinski definition) is 3. The third-order valence-corrected chi connectivity index (χ3v) is 5.09. The molecule has 0 saturated carbocycles. The van der Waals surface area contributed by atoms with Gasteiger partial charge in [0.1, 0.15) is 18.5 Å². The summed E-state index contributed by atoms with van der Waals surface area (Å²) in [6, 6.07) is 13.6. The topological polar surface area (TPSA) is 111 Å². The van der Waals surface area contributed by atoms with Crippen molar-refractivity contribution in [2.45, 2.75) is 26.4 Å². The fraction of sp³-hybridized carbons (Fsp3) is 0.375. The fourth-order valence-electron chi connectivity index (χ4n) is 3.10. The van der Waals surface area contributed by atoms with Crippen molar-refractivity contribution in [2.24, 2.45) is 5.92 Å². The van der Waals surface area contributed by atoms with E-state index in [-0.39, 0.29) is 37.3 Å². The summed E-state index contributed by atoms with van der Waals surface area (Å²) in [7, 11) is 0. The molecule has 33 heavy (non-hydrogen) atoms. The van der Waals surface area contributed by atoms with Crippen LogP contribution in [0.2, 0.25) is 0 Å². The number of para-hydroxylation sites is 1. The molecule has 0 unspecified atom stereocenters. The van der Waals surface area contributed by atoms with Crippen LogP contribution in [0.15, 0.2) is 48.5 Å². The van der Waals surface area contributed by atoms with E-state index in [9.17, 15) is 14.4 Å². The summed E-state index contributed by atoms with van der Waals surface area (Å²) >= 11 is 3.89. The van der Waals surface area contributed by atoms with Crippen molar-refractivity contribution in [1.82, 2.24) is 0 Å². The first-order chi connectivity index (χ1) is 15.8. The van der Waals surface area contributed by atoms with Gasteiger partial charge >= 0.3 is 12.1 Å². The molecule has 2 rings (SSSR count). The van der Waals surface area contributed by atoms with Crippen LogP contribution < -0.4 is 10.1 Å². The van der Waals surface area contributed by atoms with E-state index in [1.807, 2.05) is 6.92 Å². The van der Waals surface area contributed by atoms with Gasteiger partial charge in [0.2, 0.25) is 0 Å². The highest BCUT2D eigenvalue weighted by molar-refractivity contribution is 7.81. The summed E-state index contributed by atoms with van der Waals surface area (Å²) in [5.74, 6) is -0.272. The molecule has 0 aliphatic carbocycles. The molecule has 2 N–H and O–H groups in total. The molecule has 0 heterocycles. The Labute approximate surface area is 198 Å². The average Bonchev–Trinajstić information content (AvgIpc) is 2.81. The van der Waals surface area contributed by atoms with Crippen LogP contribution >= 0.6 is 12.6 Å². The Bertz CT molecular complexity index is 933. The Hall–Kier alpha value is -3.04. The lowest BCUT2D eigenvalue weighted by molar-refractivity contribution is -0.141. The van der Waals surface area contributed by atoms with Gasteiger partial charge < -0.3 is 19.3 Å². The molecule has 1 amide bonds. The van der Waals surface area contributed by atoms with Crippen molar-refractivity contribution < 1.29 is 33.7 Å². The Morgan fingerprint density at radius 2 is 1.76 bits per heavy atom. The Morgan fingerprint density at radius 3 is 2.39 bits per heavy atom. The van der Waals surface area contributed by atoms with Crippen molar-refractivity contribution in [3.63, 3.8) is 0 Å². The summed E-state index contributed by atoms with van der Waals surface area (Å²) in [6.45, 7) is 3.41. The Balaban J connectivity index is 2.18. The molecular formula is C24H29NO7S. The number of carbonyl (C=O) groups is 3. The average molecular weight is 476 g/mol. The lowest BCUT2D eigenvalue weighted by atomic mass is 9.94. The molecule has 0 aromatic heterocycles. The van der Waals surface area contributed by atoms with E-state index < -0.39 is 18.2 Å². The zero-order valence-electron chi connectivity index (χ0n) is 18.7. The van der Waals surface area contributed by atoms with Gasteiger partial charge in [-0.2, -0.15) is 12.6 Å². The predicted octanol–water partition coefficient (Wildman–Crippen LogP) is 4.05. The van der Waals surface area contributed by atoms with Crippen LogP contribution in [0.3, 0.4) is 0 Å². The van der Waals surface area contributed by atoms with E-state index in [0.717, 1.165) is 0 Å². The standard InChI is InChI=1S/C24H29NO7S/c1-16(11-13-31-22(28)15-33)23(20-5-3-4-6-21(20)30-14-12-26)32-24(29)25-19-9-7-18(8-10-19)17(2)27/h3-10,16,23,26,33H,11-15H2,1-2H3,(H,25,29)/t16-,23+/m1/s1. The molecule has 9 heteroatoms. The minimum Gasteiger partial charge on any atom is -0.491 e. The molecule has 0 spiro atoms. The number of Topliss-reactive ketones (excluding diaryl/α,β-unsaturated/α-hetero) is 1. The maximum atomic E-state index is 12.7. The molecular weight excluding hydrogens is 446 g/mol. The minimum absolute atomic E-state index is 0.0169. The molecule has 0 aliphatic rings. The first-order valence-electron chi connectivity index (χ1n) is 10.5. The van der Waals surface area contributed by atoms with Crippen molar-refractivity contribution >= 4 is 36.2 Å². The number of amides is 1. The zero-order chi connectivity index (χ0) is 24.2. The molecule has 0 fully saturated rings. The van der Waals surface area contributed by atoms with Crippen molar-refractivity contribution in [3.05, 3.63) is 59.7 Å². The highest BCUT2D eigenvalue weighted by Gasteiger charge is 2.27. The summed E-state index contributed by atoms with van der Waals surface area (Å²) in [6.07, 6.45) is -0.975.